The topological polar surface area (TPSA) is 83.5 Å². The maximum absolute atomic E-state index is 12.2. The Morgan fingerprint density at radius 2 is 1.75 bits per heavy atom. The lowest BCUT2D eigenvalue weighted by Gasteiger charge is -2.25. The molecule has 1 aromatic rings. The number of hydrogen-bond acceptors (Lipinski definition) is 3. The fourth-order valence-electron chi connectivity index (χ4n) is 1.58. The van der Waals surface area contributed by atoms with Crippen molar-refractivity contribution in [2.45, 2.75) is 37.1 Å². The molecule has 20 heavy (non-hydrogen) atoms. The number of carboxylic acids is 1. The minimum absolute atomic E-state index is 0.0570. The van der Waals surface area contributed by atoms with E-state index < -0.39 is 21.5 Å². The summed E-state index contributed by atoms with van der Waals surface area (Å²) in [7, 11) is -3.82. The Bertz CT molecular complexity index is 594. The van der Waals surface area contributed by atoms with Crippen molar-refractivity contribution in [1.82, 2.24) is 4.72 Å². The molecule has 0 aromatic heterocycles. The zero-order valence-corrected chi connectivity index (χ0v) is 13.3. The second-order valence-electron chi connectivity index (χ2n) is 4.99. The highest BCUT2D eigenvalue weighted by molar-refractivity contribution is 7.89. The molecule has 0 aliphatic heterocycles. The Kier molecular flexibility index (Phi) is 5.43. The summed E-state index contributed by atoms with van der Waals surface area (Å²) < 4.78 is 26.9. The Morgan fingerprint density at radius 1 is 1.25 bits per heavy atom. The summed E-state index contributed by atoms with van der Waals surface area (Å²) in [6.45, 7) is 3.22. The van der Waals surface area contributed by atoms with Gasteiger partial charge in [-0.05, 0) is 38.5 Å². The SMILES string of the molecule is CC(C)(CCC(=O)O)NS(=O)(=O)c1cc(Cl)cc(Cl)c1. The number of nitrogens with one attached hydrogen (secondary N) is 1. The van der Waals surface area contributed by atoms with Crippen molar-refractivity contribution in [2.24, 2.45) is 0 Å². The molecule has 1 rings (SSSR count). The summed E-state index contributed by atoms with van der Waals surface area (Å²) >= 11 is 11.6. The molecule has 0 amide bonds. The molecule has 5 nitrogen and oxygen atoms in total. The van der Waals surface area contributed by atoms with Gasteiger partial charge in [0.2, 0.25) is 10.0 Å². The average Bonchev–Trinajstić information content (AvgIpc) is 2.24. The van der Waals surface area contributed by atoms with Crippen LogP contribution in [-0.2, 0) is 14.8 Å². The maximum Gasteiger partial charge on any atom is 0.303 e. The first-order chi connectivity index (χ1) is 9.02. The van der Waals surface area contributed by atoms with Gasteiger partial charge in [0.15, 0.2) is 0 Å². The van der Waals surface area contributed by atoms with E-state index in [0.717, 1.165) is 0 Å². The van der Waals surface area contributed by atoms with Gasteiger partial charge in [0.05, 0.1) is 4.90 Å². The third-order valence-electron chi connectivity index (χ3n) is 2.52. The van der Waals surface area contributed by atoms with Crippen molar-refractivity contribution >= 4 is 39.2 Å². The smallest absolute Gasteiger partial charge is 0.303 e. The number of hydrogen-bond donors (Lipinski definition) is 2. The van der Waals surface area contributed by atoms with Gasteiger partial charge in [0.25, 0.3) is 0 Å². The highest BCUT2D eigenvalue weighted by Crippen LogP contribution is 2.24. The zero-order valence-electron chi connectivity index (χ0n) is 11.0. The van der Waals surface area contributed by atoms with Crippen LogP contribution >= 0.6 is 23.2 Å². The van der Waals surface area contributed by atoms with Crippen LogP contribution in [0.1, 0.15) is 26.7 Å². The highest BCUT2D eigenvalue weighted by atomic mass is 35.5. The van der Waals surface area contributed by atoms with Crippen molar-refractivity contribution in [2.75, 3.05) is 0 Å². The normalized spacial score (nSPS) is 12.4. The molecule has 0 bridgehead atoms. The van der Waals surface area contributed by atoms with Crippen LogP contribution in [0, 0.1) is 0 Å². The summed E-state index contributed by atoms with van der Waals surface area (Å²) in [5.74, 6) is -0.983. The van der Waals surface area contributed by atoms with Crippen molar-refractivity contribution in [3.05, 3.63) is 28.2 Å². The van der Waals surface area contributed by atoms with Crippen LogP contribution in [0.4, 0.5) is 0 Å². The Morgan fingerprint density at radius 3 is 2.20 bits per heavy atom. The second-order valence-corrected chi connectivity index (χ2v) is 7.54. The molecule has 0 aliphatic rings. The second kappa shape index (κ2) is 6.30. The van der Waals surface area contributed by atoms with Crippen molar-refractivity contribution in [1.29, 1.82) is 0 Å². The first kappa shape index (κ1) is 17.2. The third kappa shape index (κ3) is 5.28. The largest absolute Gasteiger partial charge is 0.481 e. The molecule has 0 spiro atoms. The van der Waals surface area contributed by atoms with Gasteiger partial charge in [0, 0.05) is 22.0 Å². The molecule has 0 saturated heterocycles. The molecule has 8 heteroatoms. The molecule has 0 aliphatic carbocycles. The molecule has 112 valence electrons. The van der Waals surface area contributed by atoms with E-state index in [0.29, 0.717) is 0 Å². The van der Waals surface area contributed by atoms with Gasteiger partial charge in [-0.2, -0.15) is 0 Å². The van der Waals surface area contributed by atoms with Gasteiger partial charge in [-0.3, -0.25) is 4.79 Å². The van der Waals surface area contributed by atoms with Gasteiger partial charge < -0.3 is 5.11 Å². The summed E-state index contributed by atoms with van der Waals surface area (Å²) in [6.07, 6.45) is 0.0294. The standard InChI is InChI=1S/C12H15Cl2NO4S/c1-12(2,4-3-11(16)17)15-20(18,19)10-6-8(13)5-9(14)7-10/h5-7,15H,3-4H2,1-2H3,(H,16,17). The molecule has 1 aromatic carbocycles. The van der Waals surface area contributed by atoms with Crippen LogP contribution in [0.5, 0.6) is 0 Å². The van der Waals surface area contributed by atoms with E-state index in [4.69, 9.17) is 28.3 Å². The number of halogens is 2. The number of rotatable bonds is 6. The Balaban J connectivity index is 2.96. The number of carboxylic acid groups (broad SMARTS) is 1. The molecule has 0 radical (unpaired) electrons. The van der Waals surface area contributed by atoms with Gasteiger partial charge in [-0.25, -0.2) is 13.1 Å². The van der Waals surface area contributed by atoms with E-state index in [1.807, 2.05) is 0 Å². The highest BCUT2D eigenvalue weighted by Gasteiger charge is 2.27. The van der Waals surface area contributed by atoms with Crippen LogP contribution in [0.25, 0.3) is 0 Å². The number of sulfonamides is 1. The maximum atomic E-state index is 12.2. The monoisotopic (exact) mass is 339 g/mol. The molecule has 0 fully saturated rings. The molecule has 0 heterocycles. The van der Waals surface area contributed by atoms with Crippen molar-refractivity contribution in [3.8, 4) is 0 Å². The Hall–Kier alpha value is -0.820. The molecular formula is C12H15Cl2NO4S. The van der Waals surface area contributed by atoms with Gasteiger partial charge >= 0.3 is 5.97 Å². The van der Waals surface area contributed by atoms with E-state index in [1.54, 1.807) is 13.8 Å². The minimum atomic E-state index is -3.82. The predicted octanol–water partition coefficient (Wildman–Crippen LogP) is 2.92. The number of carbonyl (C=O) groups is 1. The minimum Gasteiger partial charge on any atom is -0.481 e. The molecular weight excluding hydrogens is 325 g/mol. The van der Waals surface area contributed by atoms with Gasteiger partial charge in [-0.15, -0.1) is 0 Å². The zero-order chi connectivity index (χ0) is 15.6. The van der Waals surface area contributed by atoms with Crippen LogP contribution in [0.15, 0.2) is 23.1 Å². The van der Waals surface area contributed by atoms with Crippen molar-refractivity contribution in [3.63, 3.8) is 0 Å². The van der Waals surface area contributed by atoms with Crippen LogP contribution < -0.4 is 4.72 Å². The summed E-state index contributed by atoms with van der Waals surface area (Å²) in [5.41, 5.74) is -0.897. The lowest BCUT2D eigenvalue weighted by atomic mass is 10.0. The van der Waals surface area contributed by atoms with Crippen LogP contribution in [0.3, 0.4) is 0 Å². The first-order valence-electron chi connectivity index (χ1n) is 5.74. The van der Waals surface area contributed by atoms with Gasteiger partial charge in [0.1, 0.15) is 0 Å². The lowest BCUT2D eigenvalue weighted by Crippen LogP contribution is -2.43. The third-order valence-corrected chi connectivity index (χ3v) is 4.63. The number of aliphatic carboxylic acids is 1. The van der Waals surface area contributed by atoms with E-state index >= 15 is 0 Å². The predicted molar refractivity (Wildman–Crippen MR) is 77.7 cm³/mol. The summed E-state index contributed by atoms with van der Waals surface area (Å²) in [4.78, 5) is 10.5. The number of benzene rings is 1. The first-order valence-corrected chi connectivity index (χ1v) is 7.98. The summed E-state index contributed by atoms with van der Waals surface area (Å²) in [5, 5.41) is 9.07. The van der Waals surface area contributed by atoms with E-state index in [-0.39, 0.29) is 27.8 Å². The molecule has 2 N–H and O–H groups in total. The fourth-order valence-corrected chi connectivity index (χ4v) is 3.74. The van der Waals surface area contributed by atoms with Gasteiger partial charge in [-0.1, -0.05) is 23.2 Å². The lowest BCUT2D eigenvalue weighted by molar-refractivity contribution is -0.137. The van der Waals surface area contributed by atoms with Crippen LogP contribution in [-0.4, -0.2) is 25.0 Å². The van der Waals surface area contributed by atoms with E-state index in [1.165, 1.54) is 18.2 Å². The van der Waals surface area contributed by atoms with E-state index in [2.05, 4.69) is 4.72 Å². The molecule has 0 atom stereocenters. The quantitative estimate of drug-likeness (QED) is 0.834. The Labute approximate surface area is 127 Å². The molecule has 0 saturated carbocycles. The average molecular weight is 340 g/mol. The summed E-state index contributed by atoms with van der Waals surface area (Å²) in [6, 6.07) is 3.99. The molecule has 0 unspecified atom stereocenters. The van der Waals surface area contributed by atoms with E-state index in [9.17, 15) is 13.2 Å². The fraction of sp³-hybridized carbons (Fsp3) is 0.417. The van der Waals surface area contributed by atoms with Crippen LogP contribution in [0.2, 0.25) is 10.0 Å². The van der Waals surface area contributed by atoms with Crippen molar-refractivity contribution < 1.29 is 18.3 Å².